The summed E-state index contributed by atoms with van der Waals surface area (Å²) in [5, 5.41) is 12.1. The zero-order chi connectivity index (χ0) is 12.6. The Bertz CT molecular complexity index is 326. The second-order valence-electron chi connectivity index (χ2n) is 5.33. The Morgan fingerprint density at radius 2 is 2.06 bits per heavy atom. The van der Waals surface area contributed by atoms with Gasteiger partial charge in [-0.05, 0) is 18.9 Å². The van der Waals surface area contributed by atoms with E-state index in [9.17, 15) is 9.59 Å². The summed E-state index contributed by atoms with van der Waals surface area (Å²) in [5.74, 6) is -0.474. The summed E-state index contributed by atoms with van der Waals surface area (Å²) in [6.45, 7) is 5.89. The Morgan fingerprint density at radius 3 is 2.53 bits per heavy atom. The van der Waals surface area contributed by atoms with Crippen molar-refractivity contribution >= 4 is 11.9 Å². The highest BCUT2D eigenvalue weighted by Crippen LogP contribution is 2.26. The maximum atomic E-state index is 12.1. The molecular weight excluding hydrogens is 220 g/mol. The van der Waals surface area contributed by atoms with Crippen molar-refractivity contribution in [3.8, 4) is 0 Å². The number of carbonyl (C=O) groups is 2. The number of carboxylic acids is 1. The number of carbonyl (C=O) groups excluding carboxylic acids is 1. The summed E-state index contributed by atoms with van der Waals surface area (Å²) in [5.41, 5.74) is 0. The lowest BCUT2D eigenvalue weighted by molar-refractivity contribution is -0.151. The van der Waals surface area contributed by atoms with E-state index in [2.05, 4.69) is 12.2 Å². The van der Waals surface area contributed by atoms with Crippen molar-refractivity contribution in [1.82, 2.24) is 10.2 Å². The fourth-order valence-corrected chi connectivity index (χ4v) is 2.57. The van der Waals surface area contributed by atoms with E-state index in [1.165, 1.54) is 0 Å². The van der Waals surface area contributed by atoms with Crippen LogP contribution in [0.25, 0.3) is 0 Å². The third kappa shape index (κ3) is 2.29. The number of amides is 1. The Morgan fingerprint density at radius 1 is 1.41 bits per heavy atom. The van der Waals surface area contributed by atoms with Gasteiger partial charge in [-0.15, -0.1) is 0 Å². The molecule has 3 atom stereocenters. The van der Waals surface area contributed by atoms with Crippen LogP contribution in [-0.2, 0) is 9.59 Å². The van der Waals surface area contributed by atoms with Crippen molar-refractivity contribution in [1.29, 1.82) is 0 Å². The van der Waals surface area contributed by atoms with Crippen LogP contribution in [0.4, 0.5) is 0 Å². The first kappa shape index (κ1) is 12.4. The van der Waals surface area contributed by atoms with Crippen LogP contribution in [0.2, 0.25) is 0 Å². The Kier molecular flexibility index (Phi) is 3.38. The summed E-state index contributed by atoms with van der Waals surface area (Å²) in [7, 11) is 0. The minimum absolute atomic E-state index is 0.0592. The lowest BCUT2D eigenvalue weighted by atomic mass is 9.86. The van der Waals surface area contributed by atoms with E-state index >= 15 is 0 Å². The van der Waals surface area contributed by atoms with Crippen molar-refractivity contribution in [3.05, 3.63) is 0 Å². The van der Waals surface area contributed by atoms with Crippen LogP contribution in [0.5, 0.6) is 0 Å². The van der Waals surface area contributed by atoms with Gasteiger partial charge in [-0.25, -0.2) is 0 Å². The average molecular weight is 240 g/mol. The number of hydrogen-bond acceptors (Lipinski definition) is 3. The molecule has 0 bridgehead atoms. The SMILES string of the molecule is CC1CCNC1C(=O)N1CC(C(C)C(=O)O)C1. The van der Waals surface area contributed by atoms with Crippen LogP contribution in [0.1, 0.15) is 20.3 Å². The molecule has 96 valence electrons. The third-order valence-electron chi connectivity index (χ3n) is 4.12. The van der Waals surface area contributed by atoms with Gasteiger partial charge in [0, 0.05) is 19.0 Å². The molecule has 5 heteroatoms. The van der Waals surface area contributed by atoms with Gasteiger partial charge in [-0.1, -0.05) is 13.8 Å². The Labute approximate surface area is 101 Å². The van der Waals surface area contributed by atoms with Gasteiger partial charge in [-0.3, -0.25) is 9.59 Å². The molecule has 0 radical (unpaired) electrons. The predicted molar refractivity (Wildman–Crippen MR) is 62.4 cm³/mol. The monoisotopic (exact) mass is 240 g/mol. The first-order valence-corrected chi connectivity index (χ1v) is 6.25. The van der Waals surface area contributed by atoms with Gasteiger partial charge in [-0.2, -0.15) is 0 Å². The van der Waals surface area contributed by atoms with Crippen molar-refractivity contribution in [3.63, 3.8) is 0 Å². The molecule has 17 heavy (non-hydrogen) atoms. The number of carboxylic acid groups (broad SMARTS) is 1. The number of nitrogens with zero attached hydrogens (tertiary/aromatic N) is 1. The van der Waals surface area contributed by atoms with Crippen LogP contribution in [0.15, 0.2) is 0 Å². The molecule has 2 heterocycles. The van der Waals surface area contributed by atoms with Crippen LogP contribution >= 0.6 is 0 Å². The van der Waals surface area contributed by atoms with E-state index in [1.807, 2.05) is 0 Å². The van der Waals surface area contributed by atoms with Crippen LogP contribution in [0, 0.1) is 17.8 Å². The molecule has 1 amide bonds. The summed E-state index contributed by atoms with van der Waals surface area (Å²) in [6, 6.07) is -0.0592. The van der Waals surface area contributed by atoms with E-state index in [-0.39, 0.29) is 23.8 Å². The zero-order valence-electron chi connectivity index (χ0n) is 10.3. The van der Waals surface area contributed by atoms with Crippen LogP contribution < -0.4 is 5.32 Å². The number of aliphatic carboxylic acids is 1. The second kappa shape index (κ2) is 4.64. The lowest BCUT2D eigenvalue weighted by Gasteiger charge is -2.42. The molecule has 2 fully saturated rings. The van der Waals surface area contributed by atoms with Crippen molar-refractivity contribution in [2.24, 2.45) is 17.8 Å². The summed E-state index contributed by atoms with van der Waals surface area (Å²) < 4.78 is 0. The van der Waals surface area contributed by atoms with Gasteiger partial charge in [0.2, 0.25) is 5.91 Å². The van der Waals surface area contributed by atoms with Crippen molar-refractivity contribution in [2.45, 2.75) is 26.3 Å². The smallest absolute Gasteiger partial charge is 0.306 e. The molecule has 2 saturated heterocycles. The molecule has 0 aliphatic carbocycles. The minimum atomic E-state index is -0.769. The normalized spacial score (nSPS) is 31.1. The predicted octanol–water partition coefficient (Wildman–Crippen LogP) is 0.164. The summed E-state index contributed by atoms with van der Waals surface area (Å²) in [4.78, 5) is 24.7. The first-order valence-electron chi connectivity index (χ1n) is 6.25. The summed E-state index contributed by atoms with van der Waals surface area (Å²) >= 11 is 0. The van der Waals surface area contributed by atoms with E-state index in [1.54, 1.807) is 11.8 Å². The van der Waals surface area contributed by atoms with Crippen LogP contribution in [-0.4, -0.2) is 47.6 Å². The minimum Gasteiger partial charge on any atom is -0.481 e. The molecule has 2 N–H and O–H groups in total. The quantitative estimate of drug-likeness (QED) is 0.737. The first-order chi connectivity index (χ1) is 8.00. The highest BCUT2D eigenvalue weighted by Gasteiger charge is 2.41. The van der Waals surface area contributed by atoms with Crippen molar-refractivity contribution in [2.75, 3.05) is 19.6 Å². The third-order valence-corrected chi connectivity index (χ3v) is 4.12. The molecule has 0 aromatic carbocycles. The molecule has 5 nitrogen and oxygen atoms in total. The molecule has 0 saturated carbocycles. The van der Waals surface area contributed by atoms with Gasteiger partial charge in [0.1, 0.15) is 0 Å². The average Bonchev–Trinajstić information content (AvgIpc) is 2.61. The van der Waals surface area contributed by atoms with Gasteiger partial charge in [0.05, 0.1) is 12.0 Å². The second-order valence-corrected chi connectivity index (χ2v) is 5.33. The van der Waals surface area contributed by atoms with Crippen molar-refractivity contribution < 1.29 is 14.7 Å². The van der Waals surface area contributed by atoms with Gasteiger partial charge in [0.15, 0.2) is 0 Å². The van der Waals surface area contributed by atoms with E-state index in [0.29, 0.717) is 19.0 Å². The van der Waals surface area contributed by atoms with E-state index < -0.39 is 5.97 Å². The molecule has 2 rings (SSSR count). The number of hydrogen-bond donors (Lipinski definition) is 2. The highest BCUT2D eigenvalue weighted by atomic mass is 16.4. The zero-order valence-corrected chi connectivity index (χ0v) is 10.3. The number of nitrogens with one attached hydrogen (secondary N) is 1. The number of likely N-dealkylation sites (tertiary alicyclic amines) is 1. The Hall–Kier alpha value is -1.10. The van der Waals surface area contributed by atoms with Crippen LogP contribution in [0.3, 0.4) is 0 Å². The standard InChI is InChI=1S/C12H20N2O3/c1-7-3-4-13-10(7)11(15)14-5-9(6-14)8(2)12(16)17/h7-10,13H,3-6H2,1-2H3,(H,16,17). The molecule has 0 aromatic rings. The lowest BCUT2D eigenvalue weighted by Crippen LogP contribution is -2.58. The fourth-order valence-electron chi connectivity index (χ4n) is 2.57. The summed E-state index contributed by atoms with van der Waals surface area (Å²) in [6.07, 6.45) is 1.04. The Balaban J connectivity index is 1.83. The fraction of sp³-hybridized carbons (Fsp3) is 0.833. The molecule has 2 aliphatic rings. The maximum Gasteiger partial charge on any atom is 0.306 e. The molecule has 2 aliphatic heterocycles. The molecule has 0 spiro atoms. The number of rotatable bonds is 3. The maximum absolute atomic E-state index is 12.1. The molecular formula is C12H20N2O3. The van der Waals surface area contributed by atoms with E-state index in [0.717, 1.165) is 13.0 Å². The highest BCUT2D eigenvalue weighted by molar-refractivity contribution is 5.83. The van der Waals surface area contributed by atoms with Gasteiger partial charge in [0.25, 0.3) is 0 Å². The van der Waals surface area contributed by atoms with Gasteiger partial charge >= 0.3 is 5.97 Å². The molecule has 0 aromatic heterocycles. The molecule has 3 unspecified atom stereocenters. The topological polar surface area (TPSA) is 69.6 Å². The largest absolute Gasteiger partial charge is 0.481 e. The van der Waals surface area contributed by atoms with Gasteiger partial charge < -0.3 is 15.3 Å². The van der Waals surface area contributed by atoms with E-state index in [4.69, 9.17) is 5.11 Å².